The molecule has 0 bridgehead atoms. The summed E-state index contributed by atoms with van der Waals surface area (Å²) in [6.07, 6.45) is -2.49. The molecule has 0 heterocycles. The van der Waals surface area contributed by atoms with Gasteiger partial charge in [-0.25, -0.2) is 0 Å². The summed E-state index contributed by atoms with van der Waals surface area (Å²) >= 11 is 0. The third-order valence-electron chi connectivity index (χ3n) is 3.49. The average Bonchev–Trinajstić information content (AvgIpc) is 3.11. The van der Waals surface area contributed by atoms with E-state index in [2.05, 4.69) is 0 Å². The SMILES string of the molecule is CCC(O)(c1ccccc1C(F)(F)F)C1CC1. The van der Waals surface area contributed by atoms with Crippen LogP contribution in [0, 0.1) is 5.92 Å². The van der Waals surface area contributed by atoms with E-state index in [9.17, 15) is 18.3 Å². The number of rotatable bonds is 3. The molecule has 1 N–H and O–H groups in total. The van der Waals surface area contributed by atoms with Gasteiger partial charge in [0.2, 0.25) is 0 Å². The minimum atomic E-state index is -4.41. The molecule has 17 heavy (non-hydrogen) atoms. The summed E-state index contributed by atoms with van der Waals surface area (Å²) in [4.78, 5) is 0. The fourth-order valence-corrected chi connectivity index (χ4v) is 2.37. The molecule has 0 aromatic heterocycles. The predicted molar refractivity (Wildman–Crippen MR) is 58.4 cm³/mol. The Bertz CT molecular complexity index is 409. The first kappa shape index (κ1) is 12.4. The summed E-state index contributed by atoms with van der Waals surface area (Å²) in [7, 11) is 0. The second kappa shape index (κ2) is 4.02. The smallest absolute Gasteiger partial charge is 0.385 e. The van der Waals surface area contributed by atoms with E-state index >= 15 is 0 Å². The summed E-state index contributed by atoms with van der Waals surface area (Å²) in [5.41, 5.74) is -2.01. The fourth-order valence-electron chi connectivity index (χ4n) is 2.37. The van der Waals surface area contributed by atoms with Crippen molar-refractivity contribution in [2.75, 3.05) is 0 Å². The van der Waals surface area contributed by atoms with Crippen molar-refractivity contribution in [3.63, 3.8) is 0 Å². The number of hydrogen-bond donors (Lipinski definition) is 1. The molecule has 0 saturated heterocycles. The zero-order valence-electron chi connectivity index (χ0n) is 9.59. The van der Waals surface area contributed by atoms with E-state index in [4.69, 9.17) is 0 Å². The summed E-state index contributed by atoms with van der Waals surface area (Å²) in [5.74, 6) is -0.0315. The summed E-state index contributed by atoms with van der Waals surface area (Å²) < 4.78 is 38.7. The monoisotopic (exact) mass is 244 g/mol. The number of halogens is 3. The largest absolute Gasteiger partial charge is 0.416 e. The van der Waals surface area contributed by atoms with Gasteiger partial charge in [0.1, 0.15) is 0 Å². The molecule has 1 aliphatic carbocycles. The Labute approximate surface area is 98.3 Å². The number of aliphatic hydroxyl groups is 1. The molecule has 1 aromatic rings. The van der Waals surface area contributed by atoms with Crippen molar-refractivity contribution >= 4 is 0 Å². The highest BCUT2D eigenvalue weighted by molar-refractivity contribution is 5.36. The van der Waals surface area contributed by atoms with Crippen molar-refractivity contribution in [1.82, 2.24) is 0 Å². The van der Waals surface area contributed by atoms with Crippen LogP contribution in [0.3, 0.4) is 0 Å². The molecular formula is C13H15F3O. The number of benzene rings is 1. The summed E-state index contributed by atoms with van der Waals surface area (Å²) in [6.45, 7) is 1.73. The highest BCUT2D eigenvalue weighted by Gasteiger charge is 2.47. The second-order valence-corrected chi connectivity index (χ2v) is 4.60. The van der Waals surface area contributed by atoms with Gasteiger partial charge in [0, 0.05) is 0 Å². The lowest BCUT2D eigenvalue weighted by Gasteiger charge is -2.30. The predicted octanol–water partition coefficient (Wildman–Crippen LogP) is 3.71. The van der Waals surface area contributed by atoms with E-state index in [1.807, 2.05) is 0 Å². The molecule has 0 aliphatic heterocycles. The molecule has 2 rings (SSSR count). The van der Waals surface area contributed by atoms with E-state index in [-0.39, 0.29) is 11.5 Å². The first-order valence-corrected chi connectivity index (χ1v) is 5.78. The van der Waals surface area contributed by atoms with Gasteiger partial charge < -0.3 is 5.11 Å². The van der Waals surface area contributed by atoms with Crippen LogP contribution in [0.1, 0.15) is 37.3 Å². The Morgan fingerprint density at radius 1 is 1.18 bits per heavy atom. The molecule has 0 radical (unpaired) electrons. The molecule has 4 heteroatoms. The Kier molecular flexibility index (Phi) is 2.94. The lowest BCUT2D eigenvalue weighted by Crippen LogP contribution is -2.30. The molecular weight excluding hydrogens is 229 g/mol. The Hall–Kier alpha value is -1.03. The van der Waals surface area contributed by atoms with Crippen LogP contribution >= 0.6 is 0 Å². The van der Waals surface area contributed by atoms with Crippen LogP contribution in [0.15, 0.2) is 24.3 Å². The maximum absolute atomic E-state index is 12.9. The Morgan fingerprint density at radius 2 is 1.71 bits per heavy atom. The van der Waals surface area contributed by atoms with Gasteiger partial charge >= 0.3 is 6.18 Å². The van der Waals surface area contributed by atoms with Gasteiger partial charge in [0.05, 0.1) is 11.2 Å². The first-order valence-electron chi connectivity index (χ1n) is 5.78. The van der Waals surface area contributed by atoms with Crippen LogP contribution in [0.2, 0.25) is 0 Å². The number of alkyl halides is 3. The molecule has 1 saturated carbocycles. The highest BCUT2D eigenvalue weighted by Crippen LogP contribution is 2.50. The second-order valence-electron chi connectivity index (χ2n) is 4.60. The molecule has 0 spiro atoms. The maximum atomic E-state index is 12.9. The van der Waals surface area contributed by atoms with E-state index in [1.54, 1.807) is 13.0 Å². The standard InChI is InChI=1S/C13H15F3O/c1-2-12(17,9-7-8-9)10-5-3-4-6-11(10)13(14,15)16/h3-6,9,17H,2,7-8H2,1H3. The van der Waals surface area contributed by atoms with E-state index in [0.29, 0.717) is 6.42 Å². The minimum absolute atomic E-state index is 0.0255. The zero-order chi connectivity index (χ0) is 12.7. The van der Waals surface area contributed by atoms with Gasteiger partial charge in [0.15, 0.2) is 0 Å². The van der Waals surface area contributed by atoms with Gasteiger partial charge in [-0.2, -0.15) is 13.2 Å². The fraction of sp³-hybridized carbons (Fsp3) is 0.538. The molecule has 1 unspecified atom stereocenters. The topological polar surface area (TPSA) is 20.2 Å². The summed E-state index contributed by atoms with van der Waals surface area (Å²) in [6, 6.07) is 5.34. The molecule has 1 aromatic carbocycles. The molecule has 0 amide bonds. The van der Waals surface area contributed by atoms with Crippen LogP contribution in [-0.4, -0.2) is 5.11 Å². The van der Waals surface area contributed by atoms with Crippen molar-refractivity contribution in [1.29, 1.82) is 0 Å². The number of hydrogen-bond acceptors (Lipinski definition) is 1. The molecule has 1 atom stereocenters. The highest BCUT2D eigenvalue weighted by atomic mass is 19.4. The van der Waals surface area contributed by atoms with Gasteiger partial charge in [-0.3, -0.25) is 0 Å². The lowest BCUT2D eigenvalue weighted by molar-refractivity contribution is -0.141. The lowest BCUT2D eigenvalue weighted by atomic mass is 9.83. The van der Waals surface area contributed by atoms with Crippen LogP contribution in [0.5, 0.6) is 0 Å². The normalized spacial score (nSPS) is 20.1. The van der Waals surface area contributed by atoms with E-state index in [0.717, 1.165) is 18.9 Å². The minimum Gasteiger partial charge on any atom is -0.385 e. The zero-order valence-corrected chi connectivity index (χ0v) is 9.59. The first-order chi connectivity index (χ1) is 7.89. The van der Waals surface area contributed by atoms with Crippen LogP contribution in [-0.2, 0) is 11.8 Å². The molecule has 1 nitrogen and oxygen atoms in total. The third-order valence-corrected chi connectivity index (χ3v) is 3.49. The Morgan fingerprint density at radius 3 is 2.12 bits per heavy atom. The quantitative estimate of drug-likeness (QED) is 0.859. The average molecular weight is 244 g/mol. The molecule has 1 fully saturated rings. The van der Waals surface area contributed by atoms with Crippen molar-refractivity contribution in [3.8, 4) is 0 Å². The van der Waals surface area contributed by atoms with Gasteiger partial charge in [-0.1, -0.05) is 25.1 Å². The Balaban J connectivity index is 2.50. The third kappa shape index (κ3) is 2.18. The van der Waals surface area contributed by atoms with Crippen LogP contribution < -0.4 is 0 Å². The van der Waals surface area contributed by atoms with Crippen molar-refractivity contribution in [2.45, 2.75) is 38.0 Å². The van der Waals surface area contributed by atoms with Gasteiger partial charge in [-0.15, -0.1) is 0 Å². The van der Waals surface area contributed by atoms with E-state index < -0.39 is 17.3 Å². The summed E-state index contributed by atoms with van der Waals surface area (Å²) in [5, 5.41) is 10.5. The van der Waals surface area contributed by atoms with Gasteiger partial charge in [0.25, 0.3) is 0 Å². The maximum Gasteiger partial charge on any atom is 0.416 e. The van der Waals surface area contributed by atoms with Crippen LogP contribution in [0.4, 0.5) is 13.2 Å². The molecule has 94 valence electrons. The van der Waals surface area contributed by atoms with Crippen LogP contribution in [0.25, 0.3) is 0 Å². The van der Waals surface area contributed by atoms with Crippen molar-refractivity contribution in [3.05, 3.63) is 35.4 Å². The van der Waals surface area contributed by atoms with Crippen molar-refractivity contribution < 1.29 is 18.3 Å². The van der Waals surface area contributed by atoms with Gasteiger partial charge in [-0.05, 0) is 36.8 Å². The molecule has 1 aliphatic rings. The van der Waals surface area contributed by atoms with E-state index in [1.165, 1.54) is 12.1 Å². The van der Waals surface area contributed by atoms with Crippen molar-refractivity contribution in [2.24, 2.45) is 5.92 Å².